The summed E-state index contributed by atoms with van der Waals surface area (Å²) >= 11 is 0. The summed E-state index contributed by atoms with van der Waals surface area (Å²) in [6.07, 6.45) is 0. The third-order valence-electron chi connectivity index (χ3n) is 3.36. The van der Waals surface area contributed by atoms with Crippen molar-refractivity contribution in [2.24, 2.45) is 17.3 Å². The van der Waals surface area contributed by atoms with Crippen LogP contribution in [0, 0.1) is 17.3 Å². The highest BCUT2D eigenvalue weighted by Gasteiger charge is 2.35. The van der Waals surface area contributed by atoms with E-state index in [1.54, 1.807) is 0 Å². The number of nitrogens with zero attached hydrogens (tertiary/aromatic N) is 1. The van der Waals surface area contributed by atoms with Gasteiger partial charge in [-0.1, -0.05) is 27.7 Å². The highest BCUT2D eigenvalue weighted by Crippen LogP contribution is 2.36. The fraction of sp³-hybridized carbons (Fsp3) is 1.00. The summed E-state index contributed by atoms with van der Waals surface area (Å²) in [6.45, 7) is 12.0. The van der Waals surface area contributed by atoms with Crippen LogP contribution in [0.1, 0.15) is 27.7 Å². The van der Waals surface area contributed by atoms with Gasteiger partial charge in [-0.3, -0.25) is 0 Å². The third-order valence-corrected chi connectivity index (χ3v) is 3.36. The molecular weight excluding hydrogens is 134 g/mol. The normalized spacial score (nSPS) is 39.0. The number of piperidine rings is 1. The maximum absolute atomic E-state index is 2.45. The van der Waals surface area contributed by atoms with Crippen molar-refractivity contribution in [3.8, 4) is 0 Å². The van der Waals surface area contributed by atoms with Crippen molar-refractivity contribution in [1.82, 2.24) is 4.90 Å². The number of likely N-dealkylation sites (tertiary alicyclic amines) is 1. The van der Waals surface area contributed by atoms with Crippen LogP contribution in [0.25, 0.3) is 0 Å². The summed E-state index contributed by atoms with van der Waals surface area (Å²) < 4.78 is 0. The van der Waals surface area contributed by atoms with Crippen LogP contribution in [0.5, 0.6) is 0 Å². The van der Waals surface area contributed by atoms with Crippen molar-refractivity contribution in [3.63, 3.8) is 0 Å². The maximum Gasteiger partial charge on any atom is 0.00324 e. The molecule has 0 aromatic carbocycles. The molecule has 1 heteroatoms. The fourth-order valence-electron chi connectivity index (χ4n) is 2.32. The molecule has 1 aliphatic heterocycles. The van der Waals surface area contributed by atoms with E-state index in [-0.39, 0.29) is 0 Å². The van der Waals surface area contributed by atoms with Gasteiger partial charge in [0.2, 0.25) is 0 Å². The van der Waals surface area contributed by atoms with Gasteiger partial charge in [0, 0.05) is 13.1 Å². The lowest BCUT2D eigenvalue weighted by molar-refractivity contribution is 0.0375. The van der Waals surface area contributed by atoms with Gasteiger partial charge in [0.25, 0.3) is 0 Å². The molecule has 1 saturated heterocycles. The van der Waals surface area contributed by atoms with Crippen LogP contribution in [0.15, 0.2) is 0 Å². The lowest BCUT2D eigenvalue weighted by Crippen LogP contribution is -2.47. The molecule has 0 amide bonds. The zero-order chi connectivity index (χ0) is 8.65. The van der Waals surface area contributed by atoms with Crippen LogP contribution in [-0.2, 0) is 0 Å². The first-order valence-corrected chi connectivity index (χ1v) is 4.62. The Morgan fingerprint density at radius 2 is 1.82 bits per heavy atom. The number of hydrogen-bond donors (Lipinski definition) is 0. The second-order valence-electron chi connectivity index (χ2n) is 4.95. The lowest BCUT2D eigenvalue weighted by Gasteiger charge is -2.45. The second kappa shape index (κ2) is 2.78. The summed E-state index contributed by atoms with van der Waals surface area (Å²) in [7, 11) is 2.23. The molecule has 1 rings (SSSR count). The molecule has 0 bridgehead atoms. The van der Waals surface area contributed by atoms with Crippen LogP contribution in [0.2, 0.25) is 0 Å². The predicted octanol–water partition coefficient (Wildman–Crippen LogP) is 2.23. The van der Waals surface area contributed by atoms with Gasteiger partial charge >= 0.3 is 0 Å². The van der Waals surface area contributed by atoms with E-state index in [9.17, 15) is 0 Å². The van der Waals surface area contributed by atoms with Crippen LogP contribution in [0.3, 0.4) is 0 Å². The average Bonchev–Trinajstić information content (AvgIpc) is 1.81. The Morgan fingerprint density at radius 3 is 2.27 bits per heavy atom. The Hall–Kier alpha value is -0.0400. The third kappa shape index (κ3) is 1.76. The topological polar surface area (TPSA) is 3.24 Å². The Balaban J connectivity index is 2.67. The Bertz CT molecular complexity index is 140. The summed E-state index contributed by atoms with van der Waals surface area (Å²) in [6, 6.07) is 0. The van der Waals surface area contributed by atoms with Gasteiger partial charge in [0.15, 0.2) is 0 Å². The molecular formula is C10H21N. The van der Waals surface area contributed by atoms with Gasteiger partial charge in [-0.2, -0.15) is 0 Å². The zero-order valence-electron chi connectivity index (χ0n) is 8.52. The average molecular weight is 155 g/mol. The Morgan fingerprint density at radius 1 is 1.27 bits per heavy atom. The van der Waals surface area contributed by atoms with Crippen LogP contribution in [0.4, 0.5) is 0 Å². The van der Waals surface area contributed by atoms with Crippen LogP contribution < -0.4 is 0 Å². The Labute approximate surface area is 70.8 Å². The molecule has 1 heterocycles. The highest BCUT2D eigenvalue weighted by molar-refractivity contribution is 4.87. The van der Waals surface area contributed by atoms with E-state index in [2.05, 4.69) is 39.6 Å². The fourth-order valence-corrected chi connectivity index (χ4v) is 2.32. The second-order valence-corrected chi connectivity index (χ2v) is 4.95. The molecule has 66 valence electrons. The van der Waals surface area contributed by atoms with Gasteiger partial charge in [0.1, 0.15) is 0 Å². The molecule has 1 fully saturated rings. The standard InChI is InChI=1S/C10H21N/c1-8-6-11(5)7-10(3,4)9(8)2/h8-9H,6-7H2,1-5H3/t8-,9-/m0/s1. The molecule has 0 N–H and O–H groups in total. The van der Waals surface area contributed by atoms with Gasteiger partial charge < -0.3 is 4.90 Å². The van der Waals surface area contributed by atoms with E-state index in [1.807, 2.05) is 0 Å². The first kappa shape index (κ1) is 9.05. The molecule has 0 spiro atoms. The van der Waals surface area contributed by atoms with E-state index >= 15 is 0 Å². The van der Waals surface area contributed by atoms with Crippen molar-refractivity contribution in [3.05, 3.63) is 0 Å². The maximum atomic E-state index is 2.45. The van der Waals surface area contributed by atoms with Crippen LogP contribution >= 0.6 is 0 Å². The van der Waals surface area contributed by atoms with E-state index in [4.69, 9.17) is 0 Å². The van der Waals surface area contributed by atoms with Crippen molar-refractivity contribution in [1.29, 1.82) is 0 Å². The minimum atomic E-state index is 0.506. The number of hydrogen-bond acceptors (Lipinski definition) is 1. The predicted molar refractivity (Wildman–Crippen MR) is 49.6 cm³/mol. The van der Waals surface area contributed by atoms with Crippen LogP contribution in [-0.4, -0.2) is 25.0 Å². The highest BCUT2D eigenvalue weighted by atomic mass is 15.1. The first-order chi connectivity index (χ1) is 4.93. The monoisotopic (exact) mass is 155 g/mol. The van der Waals surface area contributed by atoms with E-state index < -0.39 is 0 Å². The molecule has 0 radical (unpaired) electrons. The molecule has 0 aromatic heterocycles. The smallest absolute Gasteiger partial charge is 0.00324 e. The molecule has 1 nitrogen and oxygen atoms in total. The zero-order valence-corrected chi connectivity index (χ0v) is 8.52. The van der Waals surface area contributed by atoms with Crippen molar-refractivity contribution < 1.29 is 0 Å². The molecule has 0 aliphatic carbocycles. The molecule has 1 aliphatic rings. The van der Waals surface area contributed by atoms with Gasteiger partial charge in [0.05, 0.1) is 0 Å². The molecule has 2 atom stereocenters. The van der Waals surface area contributed by atoms with Crippen molar-refractivity contribution in [2.75, 3.05) is 20.1 Å². The summed E-state index contributed by atoms with van der Waals surface area (Å²) in [5.74, 6) is 1.71. The molecule has 0 unspecified atom stereocenters. The summed E-state index contributed by atoms with van der Waals surface area (Å²) in [4.78, 5) is 2.45. The van der Waals surface area contributed by atoms with E-state index in [1.165, 1.54) is 13.1 Å². The Kier molecular flexibility index (Phi) is 2.29. The minimum absolute atomic E-state index is 0.506. The lowest BCUT2D eigenvalue weighted by atomic mass is 9.70. The van der Waals surface area contributed by atoms with E-state index in [0.29, 0.717) is 5.41 Å². The summed E-state index contributed by atoms with van der Waals surface area (Å²) in [5, 5.41) is 0. The molecule has 0 aromatic rings. The van der Waals surface area contributed by atoms with Crippen molar-refractivity contribution >= 4 is 0 Å². The minimum Gasteiger partial charge on any atom is -0.306 e. The first-order valence-electron chi connectivity index (χ1n) is 4.62. The SMILES string of the molecule is C[C@H]1CN(C)CC(C)(C)[C@H]1C. The largest absolute Gasteiger partial charge is 0.306 e. The van der Waals surface area contributed by atoms with E-state index in [0.717, 1.165) is 11.8 Å². The summed E-state index contributed by atoms with van der Waals surface area (Å²) in [5.41, 5.74) is 0.506. The molecule has 0 saturated carbocycles. The quantitative estimate of drug-likeness (QED) is 0.518. The van der Waals surface area contributed by atoms with Gasteiger partial charge in [-0.25, -0.2) is 0 Å². The number of rotatable bonds is 0. The van der Waals surface area contributed by atoms with Crippen molar-refractivity contribution in [2.45, 2.75) is 27.7 Å². The van der Waals surface area contributed by atoms with Gasteiger partial charge in [-0.15, -0.1) is 0 Å². The molecule has 11 heavy (non-hydrogen) atoms. The van der Waals surface area contributed by atoms with Gasteiger partial charge in [-0.05, 0) is 24.3 Å².